The standard InChI is InChI=1S/C13H18F2O/c1-2-3-10-16-11-9-13(14,15)12-7-5-4-6-8-12/h4-8H,2-3,9-11H2,1H3. The summed E-state index contributed by atoms with van der Waals surface area (Å²) in [5, 5.41) is 0. The van der Waals surface area contributed by atoms with Crippen molar-refractivity contribution in [3.8, 4) is 0 Å². The van der Waals surface area contributed by atoms with Gasteiger partial charge in [-0.1, -0.05) is 43.7 Å². The monoisotopic (exact) mass is 228 g/mol. The predicted octanol–water partition coefficient (Wildman–Crippen LogP) is 3.99. The molecule has 0 saturated carbocycles. The number of halogens is 2. The summed E-state index contributed by atoms with van der Waals surface area (Å²) in [6.07, 6.45) is 1.70. The molecule has 1 rings (SSSR count). The first kappa shape index (κ1) is 13.1. The summed E-state index contributed by atoms with van der Waals surface area (Å²) in [5.41, 5.74) is 0.0640. The highest BCUT2D eigenvalue weighted by atomic mass is 19.3. The van der Waals surface area contributed by atoms with Crippen molar-refractivity contribution in [3.05, 3.63) is 35.9 Å². The maximum Gasteiger partial charge on any atom is 0.275 e. The molecule has 16 heavy (non-hydrogen) atoms. The summed E-state index contributed by atoms with van der Waals surface area (Å²) in [7, 11) is 0. The van der Waals surface area contributed by atoms with Crippen molar-refractivity contribution in [1.29, 1.82) is 0 Å². The van der Waals surface area contributed by atoms with E-state index in [1.54, 1.807) is 18.2 Å². The van der Waals surface area contributed by atoms with Crippen LogP contribution < -0.4 is 0 Å². The number of alkyl halides is 2. The Balaban J connectivity index is 2.35. The van der Waals surface area contributed by atoms with Crippen molar-refractivity contribution in [3.63, 3.8) is 0 Å². The van der Waals surface area contributed by atoms with Gasteiger partial charge in [-0.05, 0) is 6.42 Å². The summed E-state index contributed by atoms with van der Waals surface area (Å²) in [6, 6.07) is 7.89. The average Bonchev–Trinajstić information content (AvgIpc) is 2.30. The number of rotatable bonds is 7. The van der Waals surface area contributed by atoms with Crippen LogP contribution in [0.1, 0.15) is 31.7 Å². The van der Waals surface area contributed by atoms with Crippen molar-refractivity contribution < 1.29 is 13.5 Å². The van der Waals surface area contributed by atoms with Gasteiger partial charge in [-0.3, -0.25) is 0 Å². The van der Waals surface area contributed by atoms with Gasteiger partial charge in [0.1, 0.15) is 0 Å². The van der Waals surface area contributed by atoms with Crippen LogP contribution in [0, 0.1) is 0 Å². The molecule has 0 aromatic heterocycles. The minimum absolute atomic E-state index is 0.0640. The van der Waals surface area contributed by atoms with Crippen molar-refractivity contribution in [2.24, 2.45) is 0 Å². The molecule has 0 radical (unpaired) electrons. The molecule has 3 heteroatoms. The summed E-state index contributed by atoms with van der Waals surface area (Å²) in [6.45, 7) is 2.73. The highest BCUT2D eigenvalue weighted by Gasteiger charge is 2.30. The zero-order valence-corrected chi connectivity index (χ0v) is 9.59. The Labute approximate surface area is 95.4 Å². The largest absolute Gasteiger partial charge is 0.381 e. The van der Waals surface area contributed by atoms with Gasteiger partial charge in [0.2, 0.25) is 0 Å². The lowest BCUT2D eigenvalue weighted by Gasteiger charge is -2.16. The molecule has 1 nitrogen and oxygen atoms in total. The zero-order valence-electron chi connectivity index (χ0n) is 9.59. The van der Waals surface area contributed by atoms with E-state index in [0.717, 1.165) is 12.8 Å². The van der Waals surface area contributed by atoms with Crippen LogP contribution in [0.4, 0.5) is 8.78 Å². The number of benzene rings is 1. The molecule has 0 bridgehead atoms. The van der Waals surface area contributed by atoms with Crippen LogP contribution in [0.25, 0.3) is 0 Å². The molecule has 0 aliphatic rings. The zero-order chi connectivity index (χ0) is 11.9. The molecule has 0 aliphatic heterocycles. The van der Waals surface area contributed by atoms with E-state index in [1.807, 2.05) is 6.92 Å². The molecule has 1 aromatic rings. The lowest BCUT2D eigenvalue weighted by Crippen LogP contribution is -2.16. The van der Waals surface area contributed by atoms with Crippen molar-refractivity contribution in [2.45, 2.75) is 32.1 Å². The summed E-state index contributed by atoms with van der Waals surface area (Å²) in [5.74, 6) is -2.78. The Kier molecular flexibility index (Phi) is 5.39. The fourth-order valence-electron chi connectivity index (χ4n) is 1.38. The molecule has 0 aliphatic carbocycles. The quantitative estimate of drug-likeness (QED) is 0.641. The third-order valence-corrected chi connectivity index (χ3v) is 2.40. The Morgan fingerprint density at radius 2 is 1.81 bits per heavy atom. The van der Waals surface area contributed by atoms with Crippen LogP contribution >= 0.6 is 0 Å². The average molecular weight is 228 g/mol. The van der Waals surface area contributed by atoms with Crippen LogP contribution in [-0.4, -0.2) is 13.2 Å². The highest BCUT2D eigenvalue weighted by molar-refractivity contribution is 5.19. The Hall–Kier alpha value is -0.960. The van der Waals surface area contributed by atoms with E-state index in [9.17, 15) is 8.78 Å². The van der Waals surface area contributed by atoms with Gasteiger partial charge in [-0.2, -0.15) is 0 Å². The maximum absolute atomic E-state index is 13.6. The molecule has 1 aromatic carbocycles. The molecule has 0 unspecified atom stereocenters. The van der Waals surface area contributed by atoms with Gasteiger partial charge in [-0.15, -0.1) is 0 Å². The Bertz CT molecular complexity index is 285. The second kappa shape index (κ2) is 6.59. The molecule has 0 spiro atoms. The van der Waals surface area contributed by atoms with Gasteiger partial charge < -0.3 is 4.74 Å². The van der Waals surface area contributed by atoms with Gasteiger partial charge in [-0.25, -0.2) is 8.78 Å². The molecule has 90 valence electrons. The van der Waals surface area contributed by atoms with E-state index < -0.39 is 5.92 Å². The molecule has 0 atom stereocenters. The lowest BCUT2D eigenvalue weighted by molar-refractivity contribution is -0.0387. The topological polar surface area (TPSA) is 9.23 Å². The Morgan fingerprint density at radius 1 is 1.12 bits per heavy atom. The normalized spacial score (nSPS) is 11.7. The van der Waals surface area contributed by atoms with Gasteiger partial charge >= 0.3 is 0 Å². The molecule has 0 heterocycles. The van der Waals surface area contributed by atoms with E-state index in [2.05, 4.69) is 0 Å². The second-order valence-electron chi connectivity index (χ2n) is 3.79. The second-order valence-corrected chi connectivity index (χ2v) is 3.79. The first-order valence-electron chi connectivity index (χ1n) is 5.68. The van der Waals surface area contributed by atoms with Gasteiger partial charge in [0.15, 0.2) is 0 Å². The molecule has 0 N–H and O–H groups in total. The minimum Gasteiger partial charge on any atom is -0.381 e. The summed E-state index contributed by atoms with van der Waals surface area (Å²) >= 11 is 0. The van der Waals surface area contributed by atoms with Crippen LogP contribution in [0.15, 0.2) is 30.3 Å². The lowest BCUT2D eigenvalue weighted by atomic mass is 10.1. The molecular weight excluding hydrogens is 210 g/mol. The number of hydrogen-bond acceptors (Lipinski definition) is 1. The van der Waals surface area contributed by atoms with Crippen molar-refractivity contribution >= 4 is 0 Å². The smallest absolute Gasteiger partial charge is 0.275 e. The van der Waals surface area contributed by atoms with Crippen LogP contribution in [0.2, 0.25) is 0 Å². The third kappa shape index (κ3) is 4.27. The minimum atomic E-state index is -2.78. The third-order valence-electron chi connectivity index (χ3n) is 2.40. The molecule has 0 amide bonds. The van der Waals surface area contributed by atoms with Crippen LogP contribution in [0.5, 0.6) is 0 Å². The van der Waals surface area contributed by atoms with E-state index in [-0.39, 0.29) is 18.6 Å². The summed E-state index contributed by atoms with van der Waals surface area (Å²) in [4.78, 5) is 0. The fraction of sp³-hybridized carbons (Fsp3) is 0.538. The first-order chi connectivity index (χ1) is 7.67. The fourth-order valence-corrected chi connectivity index (χ4v) is 1.38. The van der Waals surface area contributed by atoms with Gasteiger partial charge in [0, 0.05) is 18.6 Å². The van der Waals surface area contributed by atoms with E-state index in [0.29, 0.717) is 6.61 Å². The highest BCUT2D eigenvalue weighted by Crippen LogP contribution is 2.31. The van der Waals surface area contributed by atoms with Crippen molar-refractivity contribution in [1.82, 2.24) is 0 Å². The number of unbranched alkanes of at least 4 members (excludes halogenated alkanes) is 1. The molecule has 0 saturated heterocycles. The maximum atomic E-state index is 13.6. The van der Waals surface area contributed by atoms with E-state index in [1.165, 1.54) is 12.1 Å². The predicted molar refractivity (Wildman–Crippen MR) is 60.7 cm³/mol. The van der Waals surface area contributed by atoms with Crippen molar-refractivity contribution in [2.75, 3.05) is 13.2 Å². The van der Waals surface area contributed by atoms with E-state index >= 15 is 0 Å². The van der Waals surface area contributed by atoms with Crippen LogP contribution in [-0.2, 0) is 10.7 Å². The van der Waals surface area contributed by atoms with Crippen LogP contribution in [0.3, 0.4) is 0 Å². The Morgan fingerprint density at radius 3 is 2.44 bits per heavy atom. The molecular formula is C13H18F2O. The summed E-state index contributed by atoms with van der Waals surface area (Å²) < 4.78 is 32.3. The van der Waals surface area contributed by atoms with Gasteiger partial charge in [0.05, 0.1) is 6.61 Å². The van der Waals surface area contributed by atoms with Gasteiger partial charge in [0.25, 0.3) is 5.92 Å². The SMILES string of the molecule is CCCCOCCC(F)(F)c1ccccc1. The number of hydrogen-bond donors (Lipinski definition) is 0. The van der Waals surface area contributed by atoms with E-state index in [4.69, 9.17) is 4.74 Å². The first-order valence-corrected chi connectivity index (χ1v) is 5.68. The molecule has 0 fully saturated rings. The number of ether oxygens (including phenoxy) is 1.